The average molecular weight is 350 g/mol. The molecule has 0 fully saturated rings. The topological polar surface area (TPSA) is 41.8 Å². The van der Waals surface area contributed by atoms with Crippen molar-refractivity contribution in [2.24, 2.45) is 4.99 Å². The molecule has 0 saturated carbocycles. The molecule has 144 valence electrons. The molecule has 0 amide bonds. The molecule has 1 heterocycles. The number of ether oxygens (including phenoxy) is 1. The van der Waals surface area contributed by atoms with Crippen molar-refractivity contribution in [3.05, 3.63) is 24.3 Å². The molecule has 0 spiro atoms. The van der Waals surface area contributed by atoms with Crippen molar-refractivity contribution in [2.75, 3.05) is 6.61 Å². The fraction of sp³-hybridized carbons (Fsp3) is 0.773. The Morgan fingerprint density at radius 1 is 1.08 bits per heavy atom. The van der Waals surface area contributed by atoms with E-state index in [1.54, 1.807) is 0 Å². The maximum atomic E-state index is 9.61. The highest BCUT2D eigenvalue weighted by molar-refractivity contribution is 5.78. The molecule has 0 aromatic heterocycles. The summed E-state index contributed by atoms with van der Waals surface area (Å²) in [6, 6.07) is 0. The number of unbranched alkanes of at least 4 members (excludes halogenated alkanes) is 5. The van der Waals surface area contributed by atoms with Crippen LogP contribution in [0.15, 0.2) is 29.3 Å². The minimum absolute atomic E-state index is 0.00777. The Hall–Kier alpha value is -1.09. The first kappa shape index (κ1) is 22.0. The summed E-state index contributed by atoms with van der Waals surface area (Å²) in [5, 5.41) is 9.61. The zero-order valence-corrected chi connectivity index (χ0v) is 16.7. The van der Waals surface area contributed by atoms with E-state index in [-0.39, 0.29) is 11.6 Å². The van der Waals surface area contributed by atoms with Gasteiger partial charge in [-0.3, -0.25) is 0 Å². The SMILES string of the molecule is CCCC(O)C/C=C\C/C=C\CCCCCCCC1=NC(C)(C)CO1. The van der Waals surface area contributed by atoms with Gasteiger partial charge < -0.3 is 9.84 Å². The van der Waals surface area contributed by atoms with Gasteiger partial charge in [-0.25, -0.2) is 4.99 Å². The summed E-state index contributed by atoms with van der Waals surface area (Å²) in [4.78, 5) is 4.59. The van der Waals surface area contributed by atoms with Crippen LogP contribution >= 0.6 is 0 Å². The van der Waals surface area contributed by atoms with Gasteiger partial charge in [-0.15, -0.1) is 0 Å². The predicted molar refractivity (Wildman–Crippen MR) is 108 cm³/mol. The van der Waals surface area contributed by atoms with Crippen LogP contribution in [0.5, 0.6) is 0 Å². The zero-order chi connectivity index (χ0) is 18.4. The highest BCUT2D eigenvalue weighted by Crippen LogP contribution is 2.19. The van der Waals surface area contributed by atoms with Gasteiger partial charge >= 0.3 is 0 Å². The molecule has 1 atom stereocenters. The lowest BCUT2D eigenvalue weighted by molar-refractivity contribution is 0.166. The van der Waals surface area contributed by atoms with Crippen LogP contribution in [-0.2, 0) is 4.74 Å². The molecule has 0 aromatic rings. The highest BCUT2D eigenvalue weighted by Gasteiger charge is 2.25. The van der Waals surface area contributed by atoms with E-state index in [1.807, 2.05) is 0 Å². The van der Waals surface area contributed by atoms with E-state index in [1.165, 1.54) is 38.5 Å². The molecular weight excluding hydrogens is 310 g/mol. The van der Waals surface area contributed by atoms with E-state index in [4.69, 9.17) is 4.74 Å². The van der Waals surface area contributed by atoms with Gasteiger partial charge in [-0.05, 0) is 52.4 Å². The van der Waals surface area contributed by atoms with Gasteiger partial charge in [0.2, 0.25) is 0 Å². The quantitative estimate of drug-likeness (QED) is 0.310. The molecule has 0 aliphatic carbocycles. The molecule has 1 unspecified atom stereocenters. The Balaban J connectivity index is 1.88. The average Bonchev–Trinajstić information content (AvgIpc) is 2.91. The number of nitrogens with zero attached hydrogens (tertiary/aromatic N) is 1. The lowest BCUT2D eigenvalue weighted by Gasteiger charge is -2.07. The van der Waals surface area contributed by atoms with Crippen LogP contribution in [0.4, 0.5) is 0 Å². The number of aliphatic imine (C=N–C) groups is 1. The van der Waals surface area contributed by atoms with Gasteiger partial charge in [0, 0.05) is 6.42 Å². The summed E-state index contributed by atoms with van der Waals surface area (Å²) in [5.41, 5.74) is -0.00777. The summed E-state index contributed by atoms with van der Waals surface area (Å²) < 4.78 is 5.61. The van der Waals surface area contributed by atoms with Crippen molar-refractivity contribution in [1.82, 2.24) is 0 Å². The Bertz CT molecular complexity index is 424. The molecule has 0 aromatic carbocycles. The van der Waals surface area contributed by atoms with E-state index in [0.717, 1.165) is 44.6 Å². The normalized spacial score (nSPS) is 18.0. The summed E-state index contributed by atoms with van der Waals surface area (Å²) in [7, 11) is 0. The van der Waals surface area contributed by atoms with Crippen molar-refractivity contribution in [2.45, 2.75) is 103 Å². The number of hydrogen-bond donors (Lipinski definition) is 1. The van der Waals surface area contributed by atoms with Crippen LogP contribution in [0.1, 0.15) is 91.4 Å². The largest absolute Gasteiger partial charge is 0.478 e. The predicted octanol–water partition coefficient (Wildman–Crippen LogP) is 5.98. The molecule has 3 nitrogen and oxygen atoms in total. The molecule has 1 N–H and O–H groups in total. The van der Waals surface area contributed by atoms with Gasteiger partial charge in [0.05, 0.1) is 11.6 Å². The van der Waals surface area contributed by atoms with Crippen LogP contribution in [-0.4, -0.2) is 29.3 Å². The zero-order valence-electron chi connectivity index (χ0n) is 16.7. The van der Waals surface area contributed by atoms with Gasteiger partial charge in [-0.1, -0.05) is 56.9 Å². The van der Waals surface area contributed by atoms with E-state index < -0.39 is 0 Å². The van der Waals surface area contributed by atoms with Crippen LogP contribution < -0.4 is 0 Å². The van der Waals surface area contributed by atoms with Gasteiger partial charge in [0.1, 0.15) is 6.61 Å². The van der Waals surface area contributed by atoms with Gasteiger partial charge in [0.15, 0.2) is 5.90 Å². The molecule has 0 saturated heterocycles. The first-order valence-corrected chi connectivity index (χ1v) is 10.2. The maximum absolute atomic E-state index is 9.61. The molecular formula is C22H39NO2. The number of hydrogen-bond acceptors (Lipinski definition) is 3. The van der Waals surface area contributed by atoms with Crippen molar-refractivity contribution in [3.8, 4) is 0 Å². The fourth-order valence-corrected chi connectivity index (χ4v) is 2.95. The van der Waals surface area contributed by atoms with Crippen LogP contribution in [0.25, 0.3) is 0 Å². The molecule has 25 heavy (non-hydrogen) atoms. The third-order valence-electron chi connectivity index (χ3n) is 4.42. The Labute approximate surface area is 155 Å². The second kappa shape index (κ2) is 13.2. The summed E-state index contributed by atoms with van der Waals surface area (Å²) >= 11 is 0. The molecule has 1 aliphatic heterocycles. The highest BCUT2D eigenvalue weighted by atomic mass is 16.5. The van der Waals surface area contributed by atoms with Crippen LogP contribution in [0.2, 0.25) is 0 Å². The maximum Gasteiger partial charge on any atom is 0.183 e. The first-order valence-electron chi connectivity index (χ1n) is 10.2. The number of allylic oxidation sites excluding steroid dienone is 3. The van der Waals surface area contributed by atoms with E-state index in [9.17, 15) is 5.11 Å². The lowest BCUT2D eigenvalue weighted by atomic mass is 10.1. The molecule has 3 heteroatoms. The van der Waals surface area contributed by atoms with E-state index >= 15 is 0 Å². The van der Waals surface area contributed by atoms with Crippen LogP contribution in [0, 0.1) is 0 Å². The van der Waals surface area contributed by atoms with Crippen molar-refractivity contribution < 1.29 is 9.84 Å². The molecule has 0 radical (unpaired) electrons. The van der Waals surface area contributed by atoms with E-state index in [2.05, 4.69) is 50.1 Å². The Kier molecular flexibility index (Phi) is 11.6. The van der Waals surface area contributed by atoms with Crippen molar-refractivity contribution in [1.29, 1.82) is 0 Å². The second-order valence-electron chi connectivity index (χ2n) is 7.77. The van der Waals surface area contributed by atoms with Crippen molar-refractivity contribution >= 4 is 5.90 Å². The van der Waals surface area contributed by atoms with Gasteiger partial charge in [0.25, 0.3) is 0 Å². The third-order valence-corrected chi connectivity index (χ3v) is 4.42. The van der Waals surface area contributed by atoms with E-state index in [0.29, 0.717) is 0 Å². The Morgan fingerprint density at radius 2 is 1.80 bits per heavy atom. The first-order chi connectivity index (χ1) is 12.0. The van der Waals surface area contributed by atoms with Gasteiger partial charge in [-0.2, -0.15) is 0 Å². The fourth-order valence-electron chi connectivity index (χ4n) is 2.95. The number of rotatable bonds is 14. The number of aliphatic hydroxyl groups excluding tert-OH is 1. The molecule has 0 bridgehead atoms. The molecule has 1 aliphatic rings. The van der Waals surface area contributed by atoms with Crippen molar-refractivity contribution in [3.63, 3.8) is 0 Å². The van der Waals surface area contributed by atoms with Crippen LogP contribution in [0.3, 0.4) is 0 Å². The second-order valence-corrected chi connectivity index (χ2v) is 7.77. The lowest BCUT2D eigenvalue weighted by Crippen LogP contribution is -2.17. The molecule has 1 rings (SSSR count). The third kappa shape index (κ3) is 12.0. The standard InChI is InChI=1S/C22H39NO2/c1-4-16-20(24)17-14-12-10-8-6-5-7-9-11-13-15-18-21-23-22(2,3)19-25-21/h6,8,12,14,20,24H,4-5,7,9-11,13,15-19H2,1-3H3/b8-6-,14-12-. The smallest absolute Gasteiger partial charge is 0.183 e. The summed E-state index contributed by atoms with van der Waals surface area (Å²) in [6.07, 6.45) is 20.9. The monoisotopic (exact) mass is 349 g/mol. The Morgan fingerprint density at radius 3 is 2.52 bits per heavy atom. The number of aliphatic hydroxyl groups is 1. The summed E-state index contributed by atoms with van der Waals surface area (Å²) in [5.74, 6) is 0.961. The minimum atomic E-state index is -0.163. The summed E-state index contributed by atoms with van der Waals surface area (Å²) in [6.45, 7) is 7.09. The minimum Gasteiger partial charge on any atom is -0.478 e.